The van der Waals surface area contributed by atoms with Crippen LogP contribution < -0.4 is 14.8 Å². The van der Waals surface area contributed by atoms with E-state index >= 15 is 0 Å². The number of methoxy groups -OCH3 is 2. The lowest BCUT2D eigenvalue weighted by molar-refractivity contribution is -0.384. The van der Waals surface area contributed by atoms with Gasteiger partial charge < -0.3 is 19.5 Å². The van der Waals surface area contributed by atoms with Gasteiger partial charge in [-0.05, 0) is 25.1 Å². The third-order valence-corrected chi connectivity index (χ3v) is 3.56. The molecule has 0 bridgehead atoms. The lowest BCUT2D eigenvalue weighted by Crippen LogP contribution is -2.15. The molecule has 0 spiro atoms. The molecule has 0 atom stereocenters. The van der Waals surface area contributed by atoms with Gasteiger partial charge in [-0.25, -0.2) is 4.79 Å². The van der Waals surface area contributed by atoms with Gasteiger partial charge in [-0.3, -0.25) is 14.9 Å². The molecule has 0 aromatic heterocycles. The molecule has 0 fully saturated rings. The number of carbonyl (C=O) groups excluding carboxylic acids is 2. The molecule has 142 valence electrons. The average Bonchev–Trinajstić information content (AvgIpc) is 2.67. The van der Waals surface area contributed by atoms with E-state index in [1.807, 2.05) is 0 Å². The van der Waals surface area contributed by atoms with E-state index in [4.69, 9.17) is 14.2 Å². The van der Waals surface area contributed by atoms with Gasteiger partial charge in [0.2, 0.25) is 0 Å². The number of nitro groups is 1. The molecule has 2 aromatic rings. The molecule has 0 unspecified atom stereocenters. The summed E-state index contributed by atoms with van der Waals surface area (Å²) in [6, 6.07) is 8.16. The second-order valence-electron chi connectivity index (χ2n) is 5.27. The van der Waals surface area contributed by atoms with Crippen LogP contribution in [0.4, 0.5) is 11.4 Å². The number of non-ortho nitro benzene ring substituents is 1. The standard InChI is InChI=1S/C18H18N2O7/c1-4-27-18(22)12-7-11(8-13(9-12)20(23)24)17(21)19-15-10-14(25-2)5-6-16(15)26-3/h5-10H,4H2,1-3H3,(H,19,21). The van der Waals surface area contributed by atoms with Crippen molar-refractivity contribution in [2.45, 2.75) is 6.92 Å². The van der Waals surface area contributed by atoms with Crippen LogP contribution in [0, 0.1) is 10.1 Å². The van der Waals surface area contributed by atoms with E-state index in [1.165, 1.54) is 20.3 Å². The number of nitrogens with zero attached hydrogens (tertiary/aromatic N) is 1. The normalized spacial score (nSPS) is 10.0. The molecule has 0 radical (unpaired) electrons. The van der Waals surface area contributed by atoms with Crippen LogP contribution in [-0.4, -0.2) is 37.6 Å². The van der Waals surface area contributed by atoms with E-state index in [2.05, 4.69) is 5.32 Å². The number of nitro benzene ring substituents is 1. The number of rotatable bonds is 7. The first-order valence-electron chi connectivity index (χ1n) is 7.89. The molecular weight excluding hydrogens is 356 g/mol. The van der Waals surface area contributed by atoms with Crippen LogP contribution in [0.2, 0.25) is 0 Å². The third kappa shape index (κ3) is 4.72. The predicted octanol–water partition coefficient (Wildman–Crippen LogP) is 3.04. The number of hydrogen-bond acceptors (Lipinski definition) is 7. The second kappa shape index (κ2) is 8.65. The lowest BCUT2D eigenvalue weighted by Gasteiger charge is -2.12. The van der Waals surface area contributed by atoms with E-state index in [0.717, 1.165) is 12.1 Å². The topological polar surface area (TPSA) is 117 Å². The van der Waals surface area contributed by atoms with Crippen LogP contribution >= 0.6 is 0 Å². The summed E-state index contributed by atoms with van der Waals surface area (Å²) in [4.78, 5) is 35.0. The van der Waals surface area contributed by atoms with Crippen molar-refractivity contribution in [3.63, 3.8) is 0 Å². The average molecular weight is 374 g/mol. The molecule has 0 heterocycles. The van der Waals surface area contributed by atoms with Gasteiger partial charge in [0.1, 0.15) is 11.5 Å². The molecule has 27 heavy (non-hydrogen) atoms. The Morgan fingerprint density at radius 2 is 1.78 bits per heavy atom. The summed E-state index contributed by atoms with van der Waals surface area (Å²) in [5.41, 5.74) is -0.250. The molecule has 0 aliphatic carbocycles. The second-order valence-corrected chi connectivity index (χ2v) is 5.27. The smallest absolute Gasteiger partial charge is 0.338 e. The summed E-state index contributed by atoms with van der Waals surface area (Å²) < 4.78 is 15.1. The van der Waals surface area contributed by atoms with E-state index < -0.39 is 22.5 Å². The van der Waals surface area contributed by atoms with Crippen LogP contribution in [0.3, 0.4) is 0 Å². The number of amides is 1. The van der Waals surface area contributed by atoms with Crippen molar-refractivity contribution in [3.8, 4) is 11.5 Å². The van der Waals surface area contributed by atoms with Crippen molar-refractivity contribution in [3.05, 3.63) is 57.6 Å². The first-order chi connectivity index (χ1) is 12.9. The molecule has 9 heteroatoms. The molecule has 1 N–H and O–H groups in total. The number of ether oxygens (including phenoxy) is 3. The largest absolute Gasteiger partial charge is 0.497 e. The Hall–Kier alpha value is -3.62. The Balaban J connectivity index is 2.41. The molecule has 0 saturated heterocycles. The first-order valence-corrected chi connectivity index (χ1v) is 7.89. The van der Waals surface area contributed by atoms with E-state index in [-0.39, 0.29) is 17.7 Å². The molecule has 1 amide bonds. The van der Waals surface area contributed by atoms with E-state index in [9.17, 15) is 19.7 Å². The van der Waals surface area contributed by atoms with Crippen molar-refractivity contribution in [2.24, 2.45) is 0 Å². The Kier molecular flexibility index (Phi) is 6.32. The molecule has 9 nitrogen and oxygen atoms in total. The van der Waals surface area contributed by atoms with Gasteiger partial charge in [0.15, 0.2) is 0 Å². The van der Waals surface area contributed by atoms with Gasteiger partial charge in [0.25, 0.3) is 11.6 Å². The molecule has 2 rings (SSSR count). The number of hydrogen-bond donors (Lipinski definition) is 1. The lowest BCUT2D eigenvalue weighted by atomic mass is 10.1. The molecule has 0 aliphatic heterocycles. The van der Waals surface area contributed by atoms with Crippen LogP contribution in [0.15, 0.2) is 36.4 Å². The van der Waals surface area contributed by atoms with Gasteiger partial charge in [-0.15, -0.1) is 0 Å². The maximum atomic E-state index is 12.6. The van der Waals surface area contributed by atoms with Crippen molar-refractivity contribution < 1.29 is 28.7 Å². The summed E-state index contributed by atoms with van der Waals surface area (Å²) in [7, 11) is 2.91. The fourth-order valence-corrected chi connectivity index (χ4v) is 2.29. The van der Waals surface area contributed by atoms with Gasteiger partial charge in [-0.1, -0.05) is 0 Å². The maximum absolute atomic E-state index is 12.6. The van der Waals surface area contributed by atoms with Gasteiger partial charge >= 0.3 is 5.97 Å². The van der Waals surface area contributed by atoms with E-state index in [1.54, 1.807) is 25.1 Å². The van der Waals surface area contributed by atoms with Crippen LogP contribution in [-0.2, 0) is 4.74 Å². The zero-order chi connectivity index (χ0) is 20.0. The minimum absolute atomic E-state index is 0.0721. The molecule has 0 saturated carbocycles. The summed E-state index contributed by atoms with van der Waals surface area (Å²) >= 11 is 0. The summed E-state index contributed by atoms with van der Waals surface area (Å²) in [6.07, 6.45) is 0. The van der Waals surface area contributed by atoms with E-state index in [0.29, 0.717) is 17.2 Å². The summed E-state index contributed by atoms with van der Waals surface area (Å²) in [5, 5.41) is 13.7. The van der Waals surface area contributed by atoms with Crippen LogP contribution in [0.25, 0.3) is 0 Å². The Bertz CT molecular complexity index is 880. The van der Waals surface area contributed by atoms with Crippen molar-refractivity contribution in [1.29, 1.82) is 0 Å². The first kappa shape index (κ1) is 19.7. The maximum Gasteiger partial charge on any atom is 0.338 e. The summed E-state index contributed by atoms with van der Waals surface area (Å²) in [6.45, 7) is 1.71. The Morgan fingerprint density at radius 3 is 2.37 bits per heavy atom. The minimum atomic E-state index is -0.755. The highest BCUT2D eigenvalue weighted by molar-refractivity contribution is 6.07. The Morgan fingerprint density at radius 1 is 1.07 bits per heavy atom. The van der Waals surface area contributed by atoms with Crippen molar-refractivity contribution in [2.75, 3.05) is 26.1 Å². The van der Waals surface area contributed by atoms with Crippen molar-refractivity contribution >= 4 is 23.3 Å². The fraction of sp³-hybridized carbons (Fsp3) is 0.222. The third-order valence-electron chi connectivity index (χ3n) is 3.56. The monoisotopic (exact) mass is 374 g/mol. The van der Waals surface area contributed by atoms with Gasteiger partial charge in [-0.2, -0.15) is 0 Å². The SMILES string of the molecule is CCOC(=O)c1cc(C(=O)Nc2cc(OC)ccc2OC)cc([N+](=O)[O-])c1. The zero-order valence-electron chi connectivity index (χ0n) is 15.0. The number of esters is 1. The predicted molar refractivity (Wildman–Crippen MR) is 96.6 cm³/mol. The minimum Gasteiger partial charge on any atom is -0.497 e. The molecular formula is C18H18N2O7. The van der Waals surface area contributed by atoms with Gasteiger partial charge in [0.05, 0.1) is 37.0 Å². The zero-order valence-corrected chi connectivity index (χ0v) is 15.0. The molecule has 0 aliphatic rings. The van der Waals surface area contributed by atoms with Gasteiger partial charge in [0, 0.05) is 23.8 Å². The highest BCUT2D eigenvalue weighted by atomic mass is 16.6. The number of nitrogens with one attached hydrogen (secondary N) is 1. The Labute approximate surface area is 155 Å². The summed E-state index contributed by atoms with van der Waals surface area (Å²) in [5.74, 6) is -0.553. The highest BCUT2D eigenvalue weighted by Crippen LogP contribution is 2.29. The highest BCUT2D eigenvalue weighted by Gasteiger charge is 2.19. The van der Waals surface area contributed by atoms with Crippen LogP contribution in [0.1, 0.15) is 27.6 Å². The number of carbonyl (C=O) groups is 2. The van der Waals surface area contributed by atoms with Crippen molar-refractivity contribution in [1.82, 2.24) is 0 Å². The molecule has 2 aromatic carbocycles. The number of anilines is 1. The number of benzene rings is 2. The quantitative estimate of drug-likeness (QED) is 0.450. The van der Waals surface area contributed by atoms with Crippen LogP contribution in [0.5, 0.6) is 11.5 Å². The fourth-order valence-electron chi connectivity index (χ4n) is 2.29.